The molecule has 1 atom stereocenters. The van der Waals surface area contributed by atoms with E-state index in [1.54, 1.807) is 11.3 Å². The molecule has 15 heavy (non-hydrogen) atoms. The van der Waals surface area contributed by atoms with Gasteiger partial charge in [-0.2, -0.15) is 0 Å². The first-order valence-electron chi connectivity index (χ1n) is 4.70. The summed E-state index contributed by atoms with van der Waals surface area (Å²) in [6.45, 7) is 2.81. The second kappa shape index (κ2) is 5.85. The van der Waals surface area contributed by atoms with Crippen LogP contribution in [0.4, 0.5) is 0 Å². The highest BCUT2D eigenvalue weighted by Crippen LogP contribution is 2.14. The van der Waals surface area contributed by atoms with E-state index in [0.717, 1.165) is 4.88 Å². The number of nitrogens with two attached hydrogens (primary N) is 1. The fraction of sp³-hybridized carbons (Fsp3) is 0.500. The summed E-state index contributed by atoms with van der Waals surface area (Å²) in [4.78, 5) is 12.6. The third-order valence-electron chi connectivity index (χ3n) is 2.07. The number of hydrogen-bond acceptors (Lipinski definition) is 4. The number of aryl methyl sites for hydroxylation is 1. The monoisotopic (exact) mass is 228 g/mol. The average molecular weight is 228 g/mol. The van der Waals surface area contributed by atoms with Gasteiger partial charge in [-0.15, -0.1) is 11.3 Å². The van der Waals surface area contributed by atoms with Gasteiger partial charge in [-0.05, 0) is 23.9 Å². The van der Waals surface area contributed by atoms with Crippen molar-refractivity contribution in [1.82, 2.24) is 5.32 Å². The van der Waals surface area contributed by atoms with E-state index in [2.05, 4.69) is 5.32 Å². The molecule has 0 saturated heterocycles. The van der Waals surface area contributed by atoms with E-state index in [0.29, 0.717) is 6.54 Å². The Morgan fingerprint density at radius 1 is 1.73 bits per heavy atom. The van der Waals surface area contributed by atoms with Crippen LogP contribution < -0.4 is 11.1 Å². The Bertz CT molecular complexity index is 325. The molecule has 0 aliphatic heterocycles. The number of methoxy groups -OCH3 is 1. The summed E-state index contributed by atoms with van der Waals surface area (Å²) >= 11 is 1.63. The van der Waals surface area contributed by atoms with Gasteiger partial charge in [-0.25, -0.2) is 0 Å². The number of ether oxygens (including phenoxy) is 1. The molecule has 0 spiro atoms. The third kappa shape index (κ3) is 3.62. The lowest BCUT2D eigenvalue weighted by molar-refractivity contribution is -0.123. The molecule has 1 heterocycles. The van der Waals surface area contributed by atoms with Crippen LogP contribution >= 0.6 is 11.3 Å². The Labute approximate surface area is 93.4 Å². The molecule has 5 heteroatoms. The van der Waals surface area contributed by atoms with Crippen molar-refractivity contribution in [3.63, 3.8) is 0 Å². The molecular weight excluding hydrogens is 212 g/mol. The van der Waals surface area contributed by atoms with Gasteiger partial charge in [0.25, 0.3) is 0 Å². The largest absolute Gasteiger partial charge is 0.383 e. The van der Waals surface area contributed by atoms with Crippen molar-refractivity contribution in [3.05, 3.63) is 21.9 Å². The van der Waals surface area contributed by atoms with Gasteiger partial charge in [0.2, 0.25) is 5.91 Å². The van der Waals surface area contributed by atoms with Crippen LogP contribution in [0.1, 0.15) is 10.4 Å². The average Bonchev–Trinajstić information content (AvgIpc) is 2.61. The number of nitrogens with one attached hydrogen (secondary N) is 1. The minimum Gasteiger partial charge on any atom is -0.383 e. The number of carbonyl (C=O) groups excluding carboxylic acids is 1. The van der Waals surface area contributed by atoms with Gasteiger partial charge in [-0.3, -0.25) is 4.79 Å². The molecule has 0 saturated carbocycles. The van der Waals surface area contributed by atoms with E-state index in [9.17, 15) is 4.79 Å². The van der Waals surface area contributed by atoms with Gasteiger partial charge in [0.05, 0.1) is 13.2 Å². The molecule has 0 aromatic carbocycles. The maximum Gasteiger partial charge on any atom is 0.239 e. The van der Waals surface area contributed by atoms with Gasteiger partial charge in [0.1, 0.15) is 6.04 Å². The topological polar surface area (TPSA) is 64.3 Å². The molecule has 1 unspecified atom stereocenters. The fourth-order valence-corrected chi connectivity index (χ4v) is 1.98. The smallest absolute Gasteiger partial charge is 0.239 e. The Balaban J connectivity index is 2.37. The van der Waals surface area contributed by atoms with Crippen molar-refractivity contribution in [3.8, 4) is 0 Å². The summed E-state index contributed by atoms with van der Waals surface area (Å²) in [5.74, 6) is -0.176. The standard InChI is InChI=1S/C10H16N2O2S/c1-7-3-4-15-9(7)5-12-10(13)8(11)6-14-2/h3-4,8H,5-6,11H2,1-2H3,(H,12,13). The molecule has 4 nitrogen and oxygen atoms in total. The highest BCUT2D eigenvalue weighted by Gasteiger charge is 2.12. The minimum atomic E-state index is -0.588. The predicted octanol–water partition coefficient (Wildman–Crippen LogP) is 0.646. The second-order valence-electron chi connectivity index (χ2n) is 3.31. The van der Waals surface area contributed by atoms with Crippen LogP contribution in [-0.4, -0.2) is 25.7 Å². The number of rotatable bonds is 5. The quantitative estimate of drug-likeness (QED) is 0.777. The van der Waals surface area contributed by atoms with E-state index in [4.69, 9.17) is 10.5 Å². The lowest BCUT2D eigenvalue weighted by Gasteiger charge is -2.10. The number of amides is 1. The van der Waals surface area contributed by atoms with Crippen molar-refractivity contribution in [2.75, 3.05) is 13.7 Å². The zero-order valence-electron chi connectivity index (χ0n) is 8.95. The molecule has 3 N–H and O–H groups in total. The van der Waals surface area contributed by atoms with Gasteiger partial charge >= 0.3 is 0 Å². The van der Waals surface area contributed by atoms with E-state index in [1.165, 1.54) is 12.7 Å². The van der Waals surface area contributed by atoms with Crippen molar-refractivity contribution in [2.24, 2.45) is 5.73 Å². The predicted molar refractivity (Wildman–Crippen MR) is 60.8 cm³/mol. The summed E-state index contributed by atoms with van der Waals surface area (Å²) in [5.41, 5.74) is 6.77. The lowest BCUT2D eigenvalue weighted by atomic mass is 10.2. The highest BCUT2D eigenvalue weighted by molar-refractivity contribution is 7.10. The van der Waals surface area contributed by atoms with Gasteiger partial charge < -0.3 is 15.8 Å². The Morgan fingerprint density at radius 3 is 3.00 bits per heavy atom. The van der Waals surface area contributed by atoms with Gasteiger partial charge in [-0.1, -0.05) is 0 Å². The molecule has 0 aliphatic rings. The zero-order chi connectivity index (χ0) is 11.3. The zero-order valence-corrected chi connectivity index (χ0v) is 9.76. The maximum absolute atomic E-state index is 11.4. The van der Waals surface area contributed by atoms with Crippen molar-refractivity contribution < 1.29 is 9.53 Å². The van der Waals surface area contributed by atoms with E-state index in [-0.39, 0.29) is 12.5 Å². The van der Waals surface area contributed by atoms with Crippen molar-refractivity contribution in [2.45, 2.75) is 19.5 Å². The van der Waals surface area contributed by atoms with Crippen LogP contribution in [0.5, 0.6) is 0 Å². The van der Waals surface area contributed by atoms with Crippen LogP contribution in [0.25, 0.3) is 0 Å². The number of hydrogen-bond donors (Lipinski definition) is 2. The number of thiophene rings is 1. The third-order valence-corrected chi connectivity index (χ3v) is 3.10. The first kappa shape index (κ1) is 12.2. The van der Waals surface area contributed by atoms with Crippen molar-refractivity contribution >= 4 is 17.2 Å². The van der Waals surface area contributed by atoms with E-state index in [1.807, 2.05) is 18.4 Å². The molecule has 0 radical (unpaired) electrons. The van der Waals surface area contributed by atoms with Crippen LogP contribution in [-0.2, 0) is 16.1 Å². The van der Waals surface area contributed by atoms with Crippen LogP contribution in [0.3, 0.4) is 0 Å². The molecule has 0 bridgehead atoms. The Morgan fingerprint density at radius 2 is 2.47 bits per heavy atom. The van der Waals surface area contributed by atoms with Crippen molar-refractivity contribution in [1.29, 1.82) is 0 Å². The molecular formula is C10H16N2O2S. The first-order valence-corrected chi connectivity index (χ1v) is 5.58. The highest BCUT2D eigenvalue weighted by atomic mass is 32.1. The lowest BCUT2D eigenvalue weighted by Crippen LogP contribution is -2.43. The summed E-state index contributed by atoms with van der Waals surface area (Å²) in [7, 11) is 1.52. The molecule has 0 fully saturated rings. The summed E-state index contributed by atoms with van der Waals surface area (Å²) in [6, 6.07) is 1.44. The second-order valence-corrected chi connectivity index (χ2v) is 4.31. The van der Waals surface area contributed by atoms with Crippen LogP contribution in [0.2, 0.25) is 0 Å². The molecule has 1 aromatic rings. The molecule has 1 aromatic heterocycles. The van der Waals surface area contributed by atoms with Gasteiger partial charge in [0.15, 0.2) is 0 Å². The Kier molecular flexibility index (Phi) is 4.74. The summed E-state index contributed by atoms with van der Waals surface area (Å²) in [5, 5.41) is 4.78. The van der Waals surface area contributed by atoms with E-state index >= 15 is 0 Å². The Hall–Kier alpha value is -0.910. The van der Waals surface area contributed by atoms with E-state index < -0.39 is 6.04 Å². The normalized spacial score (nSPS) is 12.5. The molecule has 1 amide bonds. The molecule has 84 valence electrons. The van der Waals surface area contributed by atoms with Crippen LogP contribution in [0.15, 0.2) is 11.4 Å². The maximum atomic E-state index is 11.4. The molecule has 1 rings (SSSR count). The fourth-order valence-electron chi connectivity index (χ4n) is 1.14. The number of carbonyl (C=O) groups is 1. The summed E-state index contributed by atoms with van der Waals surface area (Å²) in [6.07, 6.45) is 0. The molecule has 0 aliphatic carbocycles. The SMILES string of the molecule is COCC(N)C(=O)NCc1sccc1C. The van der Waals surface area contributed by atoms with Gasteiger partial charge in [0, 0.05) is 12.0 Å². The summed E-state index contributed by atoms with van der Waals surface area (Å²) < 4.78 is 4.80. The first-order chi connectivity index (χ1) is 7.15. The minimum absolute atomic E-state index is 0.176. The van der Waals surface area contributed by atoms with Crippen LogP contribution in [0, 0.1) is 6.92 Å².